The molecule has 0 heterocycles. The topological polar surface area (TPSA) is 78.9 Å². The Kier molecular flexibility index (Phi) is 54.4. The Balaban J connectivity index is 4.51. The average Bonchev–Trinajstić information content (AvgIpc) is 3.36. The van der Waals surface area contributed by atoms with Crippen LogP contribution in [0.3, 0.4) is 0 Å². The fourth-order valence-electron chi connectivity index (χ4n) is 7.78. The molecule has 0 aromatic rings. The Morgan fingerprint density at radius 3 is 0.957 bits per heavy atom. The number of hydrogen-bond donors (Lipinski definition) is 0. The molecule has 0 fully saturated rings. The third-order valence-corrected chi connectivity index (χ3v) is 12.0. The van der Waals surface area contributed by atoms with Crippen molar-refractivity contribution in [3.05, 3.63) is 109 Å². The molecule has 70 heavy (non-hydrogen) atoms. The summed E-state index contributed by atoms with van der Waals surface area (Å²) < 4.78 is 16.8. The predicted octanol–water partition coefficient (Wildman–Crippen LogP) is 19.5. The Morgan fingerprint density at radius 2 is 0.586 bits per heavy atom. The Bertz CT molecular complexity index is 1440. The van der Waals surface area contributed by atoms with Crippen LogP contribution in [0.15, 0.2) is 109 Å². The van der Waals surface area contributed by atoms with Gasteiger partial charge in [0.2, 0.25) is 0 Å². The van der Waals surface area contributed by atoms with Gasteiger partial charge >= 0.3 is 17.9 Å². The molecule has 0 aliphatic carbocycles. The lowest BCUT2D eigenvalue weighted by Gasteiger charge is -2.18. The lowest BCUT2D eigenvalue weighted by molar-refractivity contribution is -0.166. The maximum atomic E-state index is 12.9. The zero-order chi connectivity index (χ0) is 50.7. The van der Waals surface area contributed by atoms with E-state index in [1.807, 2.05) is 6.08 Å². The van der Waals surface area contributed by atoms with Crippen LogP contribution in [0.25, 0.3) is 0 Å². The fraction of sp³-hybridized carbons (Fsp3) is 0.672. The predicted molar refractivity (Wildman–Crippen MR) is 302 cm³/mol. The van der Waals surface area contributed by atoms with Gasteiger partial charge in [0.05, 0.1) is 0 Å². The van der Waals surface area contributed by atoms with Gasteiger partial charge in [-0.1, -0.05) is 259 Å². The molecule has 0 aromatic carbocycles. The molecule has 0 aliphatic rings. The second-order valence-corrected chi connectivity index (χ2v) is 18.8. The lowest BCUT2D eigenvalue weighted by Crippen LogP contribution is -2.30. The Labute approximate surface area is 431 Å². The highest BCUT2D eigenvalue weighted by atomic mass is 16.6. The summed E-state index contributed by atoms with van der Waals surface area (Å²) in [6.07, 6.45) is 78.1. The minimum Gasteiger partial charge on any atom is -0.462 e. The van der Waals surface area contributed by atoms with Crippen LogP contribution < -0.4 is 0 Å². The molecule has 0 bridgehead atoms. The van der Waals surface area contributed by atoms with E-state index in [2.05, 4.69) is 124 Å². The number of carbonyl (C=O) groups is 3. The number of allylic oxidation sites excluding steroid dienone is 18. The van der Waals surface area contributed by atoms with Crippen molar-refractivity contribution in [2.45, 2.75) is 264 Å². The van der Waals surface area contributed by atoms with Gasteiger partial charge in [0, 0.05) is 19.3 Å². The van der Waals surface area contributed by atoms with E-state index >= 15 is 0 Å². The first-order valence-corrected chi connectivity index (χ1v) is 28.9. The molecular weight excluding hydrogens is 865 g/mol. The van der Waals surface area contributed by atoms with Gasteiger partial charge in [-0.15, -0.1) is 0 Å². The van der Waals surface area contributed by atoms with Gasteiger partial charge in [-0.3, -0.25) is 14.4 Å². The Hall–Kier alpha value is -3.93. The molecule has 0 amide bonds. The van der Waals surface area contributed by atoms with Crippen molar-refractivity contribution in [1.82, 2.24) is 0 Å². The van der Waals surface area contributed by atoms with E-state index < -0.39 is 6.10 Å². The first kappa shape index (κ1) is 66.1. The maximum absolute atomic E-state index is 12.9. The number of esters is 3. The molecule has 0 aliphatic heterocycles. The minimum absolute atomic E-state index is 0.110. The summed E-state index contributed by atoms with van der Waals surface area (Å²) in [5.41, 5.74) is 0. The van der Waals surface area contributed by atoms with Gasteiger partial charge < -0.3 is 14.2 Å². The quantitative estimate of drug-likeness (QED) is 0.0262. The number of carbonyl (C=O) groups excluding carboxylic acids is 3. The number of hydrogen-bond acceptors (Lipinski definition) is 6. The van der Waals surface area contributed by atoms with Crippen LogP contribution in [-0.2, 0) is 28.6 Å². The van der Waals surface area contributed by atoms with Crippen molar-refractivity contribution in [3.63, 3.8) is 0 Å². The number of rotatable bonds is 51. The molecule has 0 N–H and O–H groups in total. The summed E-state index contributed by atoms with van der Waals surface area (Å²) in [4.78, 5) is 38.1. The van der Waals surface area contributed by atoms with E-state index in [4.69, 9.17) is 14.2 Å². The van der Waals surface area contributed by atoms with Gasteiger partial charge in [0.25, 0.3) is 0 Å². The molecular formula is C64H106O6. The van der Waals surface area contributed by atoms with Crippen LogP contribution in [0, 0.1) is 0 Å². The molecule has 0 rings (SSSR count). The van der Waals surface area contributed by atoms with Crippen molar-refractivity contribution >= 4 is 17.9 Å². The third-order valence-electron chi connectivity index (χ3n) is 12.0. The van der Waals surface area contributed by atoms with Crippen LogP contribution in [0.5, 0.6) is 0 Å². The zero-order valence-corrected chi connectivity index (χ0v) is 45.5. The normalized spacial score (nSPS) is 12.9. The number of unbranched alkanes of at least 4 members (excludes halogenated alkanes) is 22. The standard InChI is InChI=1S/C64H106O6/c1-4-7-10-13-16-19-22-25-28-30-32-34-36-39-42-45-48-51-54-57-63(66)69-60-61(59-68-62(65)56-53-50-47-44-41-38-35-27-24-21-18-15-12-9-6-3)70-64(67)58-55-52-49-46-43-40-37-33-31-29-26-23-20-17-14-11-8-5-2/h7,9-10,12,16,18-19,21,25,27-28,32,34-35,39,42,48,51,61H,4-6,8,11,13-15,17,20,22-24,26,29-31,33,36-38,40-41,43-47,49-50,52-60H2,1-3H3/b10-7+,12-9+,19-16+,21-18+,28-25+,34-32+,35-27+,42-39+,51-48+/t61-/m1/s1. The van der Waals surface area contributed by atoms with Crippen molar-refractivity contribution in [2.75, 3.05) is 13.2 Å². The van der Waals surface area contributed by atoms with E-state index in [-0.39, 0.29) is 37.5 Å². The lowest BCUT2D eigenvalue weighted by atomic mass is 10.0. The number of ether oxygens (including phenoxy) is 3. The highest BCUT2D eigenvalue weighted by Gasteiger charge is 2.19. The molecule has 0 saturated heterocycles. The second-order valence-electron chi connectivity index (χ2n) is 18.8. The molecule has 398 valence electrons. The zero-order valence-electron chi connectivity index (χ0n) is 45.5. The Morgan fingerprint density at radius 1 is 0.300 bits per heavy atom. The maximum Gasteiger partial charge on any atom is 0.306 e. The van der Waals surface area contributed by atoms with E-state index in [9.17, 15) is 14.4 Å². The summed E-state index contributed by atoms with van der Waals surface area (Å²) in [5.74, 6) is -1.01. The summed E-state index contributed by atoms with van der Waals surface area (Å²) in [5, 5.41) is 0. The van der Waals surface area contributed by atoms with Gasteiger partial charge in [-0.05, 0) is 89.9 Å². The van der Waals surface area contributed by atoms with Gasteiger partial charge in [0.15, 0.2) is 6.10 Å². The summed E-state index contributed by atoms with van der Waals surface area (Å²) in [6, 6.07) is 0. The largest absolute Gasteiger partial charge is 0.462 e. The van der Waals surface area contributed by atoms with Crippen molar-refractivity contribution in [2.24, 2.45) is 0 Å². The molecule has 0 spiro atoms. The molecule has 6 heteroatoms. The van der Waals surface area contributed by atoms with E-state index in [0.29, 0.717) is 19.3 Å². The van der Waals surface area contributed by atoms with Crippen molar-refractivity contribution in [1.29, 1.82) is 0 Å². The first-order chi connectivity index (χ1) is 34.5. The molecule has 0 saturated carbocycles. The second kappa shape index (κ2) is 57.6. The van der Waals surface area contributed by atoms with Gasteiger partial charge in [0.1, 0.15) is 13.2 Å². The minimum atomic E-state index is -0.816. The van der Waals surface area contributed by atoms with Crippen LogP contribution in [0.4, 0.5) is 0 Å². The van der Waals surface area contributed by atoms with Gasteiger partial charge in [-0.2, -0.15) is 0 Å². The van der Waals surface area contributed by atoms with E-state index in [1.165, 1.54) is 96.3 Å². The summed E-state index contributed by atoms with van der Waals surface area (Å²) >= 11 is 0. The molecule has 0 radical (unpaired) electrons. The highest BCUT2D eigenvalue weighted by Crippen LogP contribution is 2.16. The summed E-state index contributed by atoms with van der Waals surface area (Å²) in [6.45, 7) is 6.35. The highest BCUT2D eigenvalue weighted by molar-refractivity contribution is 5.71. The average molecular weight is 972 g/mol. The fourth-order valence-corrected chi connectivity index (χ4v) is 7.78. The summed E-state index contributed by atoms with van der Waals surface area (Å²) in [7, 11) is 0. The first-order valence-electron chi connectivity index (χ1n) is 28.9. The smallest absolute Gasteiger partial charge is 0.306 e. The molecule has 1 atom stereocenters. The molecule has 6 nitrogen and oxygen atoms in total. The SMILES string of the molecule is CC/C=C/C/C=C/C/C=C/C/C=C/C/C=C/C/C=C/CCC(=O)OC[C@@H](COC(=O)CCCCCCC/C=C/C/C=C/C/C=C/CC)OC(=O)CCCCCCCCCCCCCCCCCCCC. The monoisotopic (exact) mass is 971 g/mol. The van der Waals surface area contributed by atoms with Gasteiger partial charge in [-0.25, -0.2) is 0 Å². The van der Waals surface area contributed by atoms with E-state index in [1.54, 1.807) is 0 Å². The van der Waals surface area contributed by atoms with Crippen molar-refractivity contribution in [3.8, 4) is 0 Å². The van der Waals surface area contributed by atoms with Crippen LogP contribution in [0.2, 0.25) is 0 Å². The van der Waals surface area contributed by atoms with Crippen LogP contribution >= 0.6 is 0 Å². The molecule has 0 aromatic heterocycles. The van der Waals surface area contributed by atoms with E-state index in [0.717, 1.165) is 116 Å². The van der Waals surface area contributed by atoms with Crippen molar-refractivity contribution < 1.29 is 28.6 Å². The van der Waals surface area contributed by atoms with Crippen LogP contribution in [-0.4, -0.2) is 37.2 Å². The van der Waals surface area contributed by atoms with Crippen LogP contribution in [0.1, 0.15) is 258 Å². The third kappa shape index (κ3) is 55.0. The molecule has 0 unspecified atom stereocenters.